The highest BCUT2D eigenvalue weighted by molar-refractivity contribution is 7.88. The summed E-state index contributed by atoms with van der Waals surface area (Å²) in [7, 11) is -1.97. The van der Waals surface area contributed by atoms with Gasteiger partial charge in [0, 0.05) is 6.42 Å². The van der Waals surface area contributed by atoms with Crippen molar-refractivity contribution < 1.29 is 17.9 Å². The smallest absolute Gasteiger partial charge is 0.222 e. The molecule has 162 valence electrons. The molecule has 0 bridgehead atoms. The molecule has 6 nitrogen and oxygen atoms in total. The fourth-order valence-corrected chi connectivity index (χ4v) is 4.11. The van der Waals surface area contributed by atoms with Gasteiger partial charge in [0.25, 0.3) is 0 Å². The zero-order valence-corrected chi connectivity index (χ0v) is 18.3. The molecule has 3 aromatic carbocycles. The maximum atomic E-state index is 13.0. The molecule has 0 radical (unpaired) electrons. The largest absolute Gasteiger partial charge is 0.497 e. The number of benzene rings is 3. The minimum Gasteiger partial charge on any atom is -0.497 e. The van der Waals surface area contributed by atoms with Crippen molar-refractivity contribution in [3.05, 3.63) is 102 Å². The van der Waals surface area contributed by atoms with Crippen LogP contribution in [0.4, 0.5) is 0 Å². The Kier molecular flexibility index (Phi) is 7.44. The van der Waals surface area contributed by atoms with Crippen LogP contribution in [0.3, 0.4) is 0 Å². The number of nitrogens with one attached hydrogen (secondary N) is 2. The molecule has 0 fully saturated rings. The van der Waals surface area contributed by atoms with Gasteiger partial charge in [-0.1, -0.05) is 72.8 Å². The molecule has 0 aliphatic heterocycles. The number of carbonyl (C=O) groups is 1. The molecule has 2 N–H and O–H groups in total. The normalized spacial score (nSPS) is 12.4. The lowest BCUT2D eigenvalue weighted by molar-refractivity contribution is -0.122. The lowest BCUT2D eigenvalue weighted by Crippen LogP contribution is -2.35. The Morgan fingerprint density at radius 3 is 1.81 bits per heavy atom. The van der Waals surface area contributed by atoms with Crippen molar-refractivity contribution in [2.75, 3.05) is 13.4 Å². The molecule has 31 heavy (non-hydrogen) atoms. The fourth-order valence-electron chi connectivity index (χ4n) is 3.38. The molecule has 0 heterocycles. The van der Waals surface area contributed by atoms with E-state index in [-0.39, 0.29) is 18.4 Å². The van der Waals surface area contributed by atoms with Crippen LogP contribution >= 0.6 is 0 Å². The van der Waals surface area contributed by atoms with Gasteiger partial charge < -0.3 is 10.1 Å². The van der Waals surface area contributed by atoms with E-state index in [1.807, 2.05) is 60.7 Å². The van der Waals surface area contributed by atoms with Crippen LogP contribution in [0.25, 0.3) is 0 Å². The van der Waals surface area contributed by atoms with E-state index in [1.54, 1.807) is 31.4 Å². The molecule has 0 unspecified atom stereocenters. The van der Waals surface area contributed by atoms with Crippen molar-refractivity contribution in [2.24, 2.45) is 0 Å². The quantitative estimate of drug-likeness (QED) is 0.535. The maximum absolute atomic E-state index is 13.0. The van der Waals surface area contributed by atoms with Crippen LogP contribution in [0.1, 0.15) is 35.2 Å². The Labute approximate surface area is 183 Å². The van der Waals surface area contributed by atoms with Gasteiger partial charge in [-0.25, -0.2) is 13.1 Å². The molecule has 0 saturated carbocycles. The lowest BCUT2D eigenvalue weighted by atomic mass is 9.98. The Balaban J connectivity index is 1.83. The van der Waals surface area contributed by atoms with E-state index in [0.29, 0.717) is 11.3 Å². The molecule has 0 aliphatic rings. The molecule has 1 amide bonds. The highest BCUT2D eigenvalue weighted by Crippen LogP contribution is 2.24. The van der Waals surface area contributed by atoms with Crippen LogP contribution in [-0.4, -0.2) is 27.7 Å². The molecule has 7 heteroatoms. The second kappa shape index (κ2) is 10.2. The number of ether oxygens (including phenoxy) is 1. The third kappa shape index (κ3) is 6.67. The third-order valence-corrected chi connectivity index (χ3v) is 5.55. The SMILES string of the molecule is COc1ccc([C@@H](CC(=O)NC(c2ccccc2)c2ccccc2)NS(C)(=O)=O)cc1. The first-order valence-electron chi connectivity index (χ1n) is 9.86. The molecule has 0 spiro atoms. The number of amides is 1. The number of hydrogen-bond acceptors (Lipinski definition) is 4. The topological polar surface area (TPSA) is 84.5 Å². The number of hydrogen-bond donors (Lipinski definition) is 2. The summed E-state index contributed by atoms with van der Waals surface area (Å²) in [6, 6.07) is 25.3. The Hall–Kier alpha value is -3.16. The van der Waals surface area contributed by atoms with Gasteiger partial charge in [0.05, 0.1) is 25.4 Å². The minimum absolute atomic E-state index is 0.0461. The number of carbonyl (C=O) groups excluding carboxylic acids is 1. The summed E-state index contributed by atoms with van der Waals surface area (Å²) < 4.78 is 31.6. The van der Waals surface area contributed by atoms with Crippen LogP contribution in [0, 0.1) is 0 Å². The minimum atomic E-state index is -3.53. The van der Waals surface area contributed by atoms with E-state index < -0.39 is 16.1 Å². The highest BCUT2D eigenvalue weighted by Gasteiger charge is 2.23. The average Bonchev–Trinajstić information content (AvgIpc) is 2.77. The van der Waals surface area contributed by atoms with E-state index >= 15 is 0 Å². The van der Waals surface area contributed by atoms with Crippen molar-refractivity contribution in [2.45, 2.75) is 18.5 Å². The van der Waals surface area contributed by atoms with Crippen molar-refractivity contribution in [3.63, 3.8) is 0 Å². The maximum Gasteiger partial charge on any atom is 0.222 e. The van der Waals surface area contributed by atoms with Gasteiger partial charge in [0.1, 0.15) is 5.75 Å². The summed E-state index contributed by atoms with van der Waals surface area (Å²) >= 11 is 0. The summed E-state index contributed by atoms with van der Waals surface area (Å²) in [5.74, 6) is 0.384. The Bertz CT molecular complexity index is 1050. The molecule has 0 aliphatic carbocycles. The first kappa shape index (κ1) is 22.5. The summed E-state index contributed by atoms with van der Waals surface area (Å²) in [6.45, 7) is 0. The summed E-state index contributed by atoms with van der Waals surface area (Å²) in [6.07, 6.45) is 1.04. The summed E-state index contributed by atoms with van der Waals surface area (Å²) in [4.78, 5) is 13.0. The van der Waals surface area contributed by atoms with Gasteiger partial charge in [0.2, 0.25) is 15.9 Å². The van der Waals surface area contributed by atoms with Gasteiger partial charge >= 0.3 is 0 Å². The van der Waals surface area contributed by atoms with E-state index in [4.69, 9.17) is 4.74 Å². The first-order chi connectivity index (χ1) is 14.9. The molecule has 3 aromatic rings. The fraction of sp³-hybridized carbons (Fsp3) is 0.208. The van der Waals surface area contributed by atoms with Crippen LogP contribution in [0.5, 0.6) is 5.75 Å². The third-order valence-electron chi connectivity index (χ3n) is 4.84. The number of methoxy groups -OCH3 is 1. The van der Waals surface area contributed by atoms with Crippen molar-refractivity contribution >= 4 is 15.9 Å². The zero-order valence-electron chi connectivity index (χ0n) is 17.5. The molecule has 0 aromatic heterocycles. The average molecular weight is 439 g/mol. The van der Waals surface area contributed by atoms with Gasteiger partial charge in [-0.2, -0.15) is 0 Å². The number of sulfonamides is 1. The standard InChI is InChI=1S/C24H26N2O4S/c1-30-21-15-13-18(14-16-21)22(26-31(2,28)29)17-23(27)25-24(19-9-5-3-6-10-19)20-11-7-4-8-12-20/h3-16,22,24,26H,17H2,1-2H3,(H,25,27)/t22-/m1/s1. The molecule has 1 atom stereocenters. The predicted molar refractivity (Wildman–Crippen MR) is 121 cm³/mol. The van der Waals surface area contributed by atoms with E-state index in [9.17, 15) is 13.2 Å². The van der Waals surface area contributed by atoms with Crippen LogP contribution in [0.15, 0.2) is 84.9 Å². The Morgan fingerprint density at radius 1 is 0.839 bits per heavy atom. The monoisotopic (exact) mass is 438 g/mol. The lowest BCUT2D eigenvalue weighted by Gasteiger charge is -2.23. The van der Waals surface area contributed by atoms with Crippen molar-refractivity contribution in [1.29, 1.82) is 0 Å². The van der Waals surface area contributed by atoms with E-state index in [1.165, 1.54) is 0 Å². The molecular formula is C24H26N2O4S. The van der Waals surface area contributed by atoms with E-state index in [0.717, 1.165) is 17.4 Å². The second-order valence-electron chi connectivity index (χ2n) is 7.24. The van der Waals surface area contributed by atoms with Gasteiger partial charge in [-0.15, -0.1) is 0 Å². The zero-order chi connectivity index (χ0) is 22.3. The van der Waals surface area contributed by atoms with Crippen LogP contribution < -0.4 is 14.8 Å². The highest BCUT2D eigenvalue weighted by atomic mass is 32.2. The second-order valence-corrected chi connectivity index (χ2v) is 9.02. The van der Waals surface area contributed by atoms with Crippen molar-refractivity contribution in [3.8, 4) is 5.75 Å². The van der Waals surface area contributed by atoms with Gasteiger partial charge in [-0.05, 0) is 28.8 Å². The molecule has 0 saturated heterocycles. The van der Waals surface area contributed by atoms with Gasteiger partial charge in [0.15, 0.2) is 0 Å². The molecule has 3 rings (SSSR count). The Morgan fingerprint density at radius 2 is 1.35 bits per heavy atom. The number of rotatable bonds is 9. The summed E-state index contributed by atoms with van der Waals surface area (Å²) in [5, 5.41) is 3.06. The van der Waals surface area contributed by atoms with Crippen LogP contribution in [-0.2, 0) is 14.8 Å². The van der Waals surface area contributed by atoms with Gasteiger partial charge in [-0.3, -0.25) is 4.79 Å². The predicted octanol–water partition coefficient (Wildman–Crippen LogP) is 3.58. The van der Waals surface area contributed by atoms with Crippen molar-refractivity contribution in [1.82, 2.24) is 10.0 Å². The summed E-state index contributed by atoms with van der Waals surface area (Å²) in [5.41, 5.74) is 2.57. The van der Waals surface area contributed by atoms with Crippen LogP contribution in [0.2, 0.25) is 0 Å². The molecular weight excluding hydrogens is 412 g/mol. The first-order valence-corrected chi connectivity index (χ1v) is 11.8. The van der Waals surface area contributed by atoms with E-state index in [2.05, 4.69) is 10.0 Å².